The van der Waals surface area contributed by atoms with Gasteiger partial charge in [0.25, 0.3) is 10.0 Å². The van der Waals surface area contributed by atoms with E-state index < -0.39 is 16.0 Å². The summed E-state index contributed by atoms with van der Waals surface area (Å²) in [5.41, 5.74) is 0.777. The van der Waals surface area contributed by atoms with E-state index in [4.69, 9.17) is 20.8 Å². The van der Waals surface area contributed by atoms with E-state index >= 15 is 0 Å². The molecule has 0 saturated carbocycles. The summed E-state index contributed by atoms with van der Waals surface area (Å²) in [6.45, 7) is 1.88. The van der Waals surface area contributed by atoms with Crippen LogP contribution in [0.4, 0.5) is 0 Å². The third-order valence-electron chi connectivity index (χ3n) is 4.25. The Labute approximate surface area is 171 Å². The molecule has 0 aliphatic rings. The molecule has 0 unspecified atom stereocenters. The first-order valence-electron chi connectivity index (χ1n) is 8.66. The Kier molecular flexibility index (Phi) is 4.89. The Balaban J connectivity index is 1.91. The van der Waals surface area contributed by atoms with Gasteiger partial charge in [-0.1, -0.05) is 35.9 Å². The first kappa shape index (κ1) is 19.2. The van der Waals surface area contributed by atoms with E-state index in [-0.39, 0.29) is 23.2 Å². The zero-order chi connectivity index (χ0) is 20.6. The van der Waals surface area contributed by atoms with Gasteiger partial charge in [-0.3, -0.25) is 0 Å². The van der Waals surface area contributed by atoms with Crippen molar-refractivity contribution in [1.82, 2.24) is 8.96 Å². The molecule has 4 aromatic rings. The maximum absolute atomic E-state index is 13.2. The van der Waals surface area contributed by atoms with Gasteiger partial charge >= 0.3 is 5.97 Å². The number of hydrogen-bond donors (Lipinski definition) is 0. The lowest BCUT2D eigenvalue weighted by Gasteiger charge is -2.07. The fraction of sp³-hybridized carbons (Fsp3) is 0.100. The number of carbonyl (C=O) groups is 1. The fourth-order valence-electron chi connectivity index (χ4n) is 2.94. The van der Waals surface area contributed by atoms with Crippen molar-refractivity contribution in [3.8, 4) is 11.5 Å². The van der Waals surface area contributed by atoms with E-state index in [2.05, 4.69) is 4.98 Å². The van der Waals surface area contributed by atoms with Crippen LogP contribution >= 0.6 is 11.6 Å². The van der Waals surface area contributed by atoms with E-state index in [1.807, 2.05) is 0 Å². The second-order valence-electron chi connectivity index (χ2n) is 6.07. The first-order valence-corrected chi connectivity index (χ1v) is 10.5. The smallest absolute Gasteiger partial charge is 0.375 e. The van der Waals surface area contributed by atoms with Crippen molar-refractivity contribution in [1.29, 1.82) is 0 Å². The molecule has 2 aromatic heterocycles. The molecule has 2 heterocycles. The summed E-state index contributed by atoms with van der Waals surface area (Å²) in [4.78, 5) is 16.1. The lowest BCUT2D eigenvalue weighted by atomic mass is 10.2. The molecule has 0 amide bonds. The largest absolute Gasteiger partial charge is 0.460 e. The van der Waals surface area contributed by atoms with Crippen LogP contribution in [0.15, 0.2) is 70.2 Å². The van der Waals surface area contributed by atoms with E-state index in [1.54, 1.807) is 43.3 Å². The molecule has 0 spiro atoms. The third-order valence-corrected chi connectivity index (χ3v) is 6.17. The van der Waals surface area contributed by atoms with E-state index in [0.29, 0.717) is 21.5 Å². The predicted octanol–water partition coefficient (Wildman–Crippen LogP) is 4.36. The number of aromatic nitrogens is 2. The standard InChI is InChI=1S/C20H15ClN2O5S/c1-2-27-20(24)18-11-22-19(28-18)16-12-23(17-10-13(21)8-9-15(16)17)29(25,26)14-6-4-3-5-7-14/h3-12H,2H2,1H3. The molecule has 9 heteroatoms. The molecule has 0 aliphatic carbocycles. The second-order valence-corrected chi connectivity index (χ2v) is 8.32. The van der Waals surface area contributed by atoms with Crippen molar-refractivity contribution in [3.63, 3.8) is 0 Å². The highest BCUT2D eigenvalue weighted by Crippen LogP contribution is 2.34. The SMILES string of the molecule is CCOC(=O)c1cnc(-c2cn(S(=O)(=O)c3ccccc3)c3cc(Cl)ccc23)o1. The summed E-state index contributed by atoms with van der Waals surface area (Å²) in [5, 5.41) is 0.942. The number of ether oxygens (including phenoxy) is 1. The van der Waals surface area contributed by atoms with Crippen molar-refractivity contribution in [2.75, 3.05) is 6.61 Å². The third kappa shape index (κ3) is 3.41. The summed E-state index contributed by atoms with van der Waals surface area (Å²) in [7, 11) is -3.89. The van der Waals surface area contributed by atoms with Crippen LogP contribution in [0.1, 0.15) is 17.5 Å². The molecule has 0 bridgehead atoms. The number of rotatable bonds is 5. The number of oxazole rings is 1. The molecule has 2 aromatic carbocycles. The van der Waals surface area contributed by atoms with Crippen LogP contribution in [0, 0.1) is 0 Å². The van der Waals surface area contributed by atoms with Gasteiger partial charge in [0.05, 0.1) is 28.8 Å². The maximum atomic E-state index is 13.2. The summed E-state index contributed by atoms with van der Waals surface area (Å²) in [6, 6.07) is 12.9. The second kappa shape index (κ2) is 7.38. The molecule has 29 heavy (non-hydrogen) atoms. The average Bonchev–Trinajstić information content (AvgIpc) is 3.33. The molecule has 0 saturated heterocycles. The molecule has 0 N–H and O–H groups in total. The molecular formula is C20H15ClN2O5S. The predicted molar refractivity (Wildman–Crippen MR) is 107 cm³/mol. The van der Waals surface area contributed by atoms with Crippen LogP contribution in [-0.2, 0) is 14.8 Å². The van der Waals surface area contributed by atoms with Crippen molar-refractivity contribution >= 4 is 38.5 Å². The van der Waals surface area contributed by atoms with Crippen LogP contribution in [-0.4, -0.2) is 30.0 Å². The molecule has 0 atom stereocenters. The summed E-state index contributed by atoms with van der Waals surface area (Å²) >= 11 is 6.11. The number of halogens is 1. The summed E-state index contributed by atoms with van der Waals surface area (Å²) in [6.07, 6.45) is 2.65. The number of fused-ring (bicyclic) bond motifs is 1. The van der Waals surface area contributed by atoms with Crippen LogP contribution < -0.4 is 0 Å². The quantitative estimate of drug-likeness (QED) is 0.437. The topological polar surface area (TPSA) is 91.4 Å². The zero-order valence-electron chi connectivity index (χ0n) is 15.2. The van der Waals surface area contributed by atoms with Gasteiger partial charge in [0.2, 0.25) is 11.7 Å². The Morgan fingerprint density at radius 2 is 1.97 bits per heavy atom. The van der Waals surface area contributed by atoms with Gasteiger partial charge in [-0.05, 0) is 31.2 Å². The van der Waals surface area contributed by atoms with Gasteiger partial charge in [-0.2, -0.15) is 0 Å². The van der Waals surface area contributed by atoms with Gasteiger partial charge in [-0.25, -0.2) is 22.2 Å². The van der Waals surface area contributed by atoms with Crippen LogP contribution in [0.2, 0.25) is 5.02 Å². The van der Waals surface area contributed by atoms with Crippen molar-refractivity contribution < 1.29 is 22.4 Å². The normalized spacial score (nSPS) is 11.7. The first-order chi connectivity index (χ1) is 13.9. The Bertz CT molecular complexity index is 1310. The van der Waals surface area contributed by atoms with Gasteiger partial charge in [-0.15, -0.1) is 0 Å². The van der Waals surface area contributed by atoms with Gasteiger partial charge in [0.1, 0.15) is 0 Å². The Morgan fingerprint density at radius 3 is 2.69 bits per heavy atom. The van der Waals surface area contributed by atoms with E-state index in [9.17, 15) is 13.2 Å². The minimum absolute atomic E-state index is 0.0670. The molecule has 0 radical (unpaired) electrons. The molecule has 7 nitrogen and oxygen atoms in total. The number of benzene rings is 2. The van der Waals surface area contributed by atoms with E-state index in [1.165, 1.54) is 24.5 Å². The van der Waals surface area contributed by atoms with Crippen molar-refractivity contribution in [2.24, 2.45) is 0 Å². The Hall–Kier alpha value is -3.10. The number of nitrogens with zero attached hydrogens (tertiary/aromatic N) is 2. The molecule has 0 aliphatic heterocycles. The maximum Gasteiger partial charge on any atom is 0.375 e. The molecule has 4 rings (SSSR count). The van der Waals surface area contributed by atoms with Gasteiger partial charge in [0.15, 0.2) is 0 Å². The van der Waals surface area contributed by atoms with Gasteiger partial charge < -0.3 is 9.15 Å². The lowest BCUT2D eigenvalue weighted by molar-refractivity contribution is 0.0491. The van der Waals surface area contributed by atoms with Crippen LogP contribution in [0.25, 0.3) is 22.4 Å². The van der Waals surface area contributed by atoms with Crippen molar-refractivity contribution in [3.05, 3.63) is 71.7 Å². The molecule has 148 valence electrons. The van der Waals surface area contributed by atoms with Crippen LogP contribution in [0.3, 0.4) is 0 Å². The minimum atomic E-state index is -3.89. The highest BCUT2D eigenvalue weighted by Gasteiger charge is 2.24. The molecule has 0 fully saturated rings. The van der Waals surface area contributed by atoms with Crippen LogP contribution in [0.5, 0.6) is 0 Å². The summed E-state index contributed by atoms with van der Waals surface area (Å²) in [5.74, 6) is -0.611. The highest BCUT2D eigenvalue weighted by atomic mass is 35.5. The zero-order valence-corrected chi connectivity index (χ0v) is 16.8. The molecular weight excluding hydrogens is 416 g/mol. The number of esters is 1. The lowest BCUT2D eigenvalue weighted by Crippen LogP contribution is -2.11. The monoisotopic (exact) mass is 430 g/mol. The summed E-state index contributed by atoms with van der Waals surface area (Å²) < 4.78 is 38.0. The van der Waals surface area contributed by atoms with Gasteiger partial charge in [0, 0.05) is 16.6 Å². The van der Waals surface area contributed by atoms with E-state index in [0.717, 1.165) is 3.97 Å². The highest BCUT2D eigenvalue weighted by molar-refractivity contribution is 7.90. The number of hydrogen-bond acceptors (Lipinski definition) is 6. The minimum Gasteiger partial charge on any atom is -0.460 e. The average molecular weight is 431 g/mol. The number of carbonyl (C=O) groups excluding carboxylic acids is 1. The Morgan fingerprint density at radius 1 is 1.21 bits per heavy atom. The van der Waals surface area contributed by atoms with Crippen molar-refractivity contribution in [2.45, 2.75) is 11.8 Å². The fourth-order valence-corrected chi connectivity index (χ4v) is 4.49.